The number of nitrogens with one attached hydrogen (secondary N) is 1. The topological polar surface area (TPSA) is 55.1 Å². The van der Waals surface area contributed by atoms with Crippen molar-refractivity contribution in [2.75, 3.05) is 6.54 Å². The summed E-state index contributed by atoms with van der Waals surface area (Å²) in [6.45, 7) is 2.75. The predicted molar refractivity (Wildman–Crippen MR) is 71.1 cm³/mol. The molecule has 2 rings (SSSR count). The standard InChI is InChI=1S/C13H20N2OS/c1-9-5-6-11(17-9)7-13(16)15-12-4-2-3-10(12)8-14/h5-6,10,12H,2-4,7-8,14H2,1H3,(H,15,16). The van der Waals surface area contributed by atoms with E-state index in [1.165, 1.54) is 11.3 Å². The van der Waals surface area contributed by atoms with Gasteiger partial charge in [-0.1, -0.05) is 6.42 Å². The van der Waals surface area contributed by atoms with Gasteiger partial charge < -0.3 is 11.1 Å². The highest BCUT2D eigenvalue weighted by atomic mass is 32.1. The zero-order chi connectivity index (χ0) is 12.3. The predicted octanol–water partition coefficient (Wildman–Crippen LogP) is 1.84. The molecule has 1 saturated carbocycles. The van der Waals surface area contributed by atoms with Crippen LogP contribution in [0.4, 0.5) is 0 Å². The van der Waals surface area contributed by atoms with Gasteiger partial charge in [-0.25, -0.2) is 0 Å². The number of carbonyl (C=O) groups excluding carboxylic acids is 1. The summed E-state index contributed by atoms with van der Waals surface area (Å²) in [6, 6.07) is 4.40. The summed E-state index contributed by atoms with van der Waals surface area (Å²) in [4.78, 5) is 14.3. The Balaban J connectivity index is 1.85. The molecule has 0 radical (unpaired) electrons. The Labute approximate surface area is 106 Å². The summed E-state index contributed by atoms with van der Waals surface area (Å²) >= 11 is 1.70. The van der Waals surface area contributed by atoms with Crippen LogP contribution in [-0.4, -0.2) is 18.5 Å². The van der Waals surface area contributed by atoms with Gasteiger partial charge in [-0.05, 0) is 44.4 Å². The van der Waals surface area contributed by atoms with Crippen molar-refractivity contribution in [2.24, 2.45) is 11.7 Å². The van der Waals surface area contributed by atoms with Crippen LogP contribution in [0.2, 0.25) is 0 Å². The molecule has 1 amide bonds. The highest BCUT2D eigenvalue weighted by molar-refractivity contribution is 7.12. The van der Waals surface area contributed by atoms with Crippen molar-refractivity contribution < 1.29 is 4.79 Å². The molecule has 1 aromatic rings. The molecule has 0 bridgehead atoms. The van der Waals surface area contributed by atoms with E-state index < -0.39 is 0 Å². The third-order valence-electron chi connectivity index (χ3n) is 3.44. The van der Waals surface area contributed by atoms with Crippen LogP contribution < -0.4 is 11.1 Å². The molecule has 3 nitrogen and oxygen atoms in total. The van der Waals surface area contributed by atoms with E-state index in [1.807, 2.05) is 6.07 Å². The van der Waals surface area contributed by atoms with Gasteiger partial charge in [0, 0.05) is 15.8 Å². The minimum absolute atomic E-state index is 0.136. The first-order valence-electron chi connectivity index (χ1n) is 6.24. The molecule has 4 heteroatoms. The second-order valence-electron chi connectivity index (χ2n) is 4.79. The minimum Gasteiger partial charge on any atom is -0.353 e. The lowest BCUT2D eigenvalue weighted by Gasteiger charge is -2.19. The van der Waals surface area contributed by atoms with E-state index in [2.05, 4.69) is 18.3 Å². The molecule has 94 valence electrons. The van der Waals surface area contributed by atoms with Gasteiger partial charge in [0.25, 0.3) is 0 Å². The molecule has 17 heavy (non-hydrogen) atoms. The third-order valence-corrected chi connectivity index (χ3v) is 4.44. The van der Waals surface area contributed by atoms with Crippen LogP contribution in [0, 0.1) is 12.8 Å². The van der Waals surface area contributed by atoms with E-state index in [-0.39, 0.29) is 5.91 Å². The quantitative estimate of drug-likeness (QED) is 0.859. The Morgan fingerprint density at radius 2 is 2.35 bits per heavy atom. The van der Waals surface area contributed by atoms with Crippen molar-refractivity contribution >= 4 is 17.2 Å². The molecule has 1 fully saturated rings. The zero-order valence-corrected chi connectivity index (χ0v) is 11.1. The Morgan fingerprint density at radius 3 is 3.00 bits per heavy atom. The molecule has 0 spiro atoms. The molecule has 3 N–H and O–H groups in total. The lowest BCUT2D eigenvalue weighted by atomic mass is 10.0. The third kappa shape index (κ3) is 3.30. The lowest BCUT2D eigenvalue weighted by molar-refractivity contribution is -0.121. The van der Waals surface area contributed by atoms with Crippen molar-refractivity contribution in [3.63, 3.8) is 0 Å². The van der Waals surface area contributed by atoms with Crippen molar-refractivity contribution in [1.29, 1.82) is 0 Å². The van der Waals surface area contributed by atoms with E-state index in [0.717, 1.165) is 17.7 Å². The fourth-order valence-corrected chi connectivity index (χ4v) is 3.39. The van der Waals surface area contributed by atoms with Gasteiger partial charge in [-0.2, -0.15) is 0 Å². The van der Waals surface area contributed by atoms with Gasteiger partial charge in [-0.3, -0.25) is 4.79 Å². The van der Waals surface area contributed by atoms with Gasteiger partial charge in [0.05, 0.1) is 6.42 Å². The minimum atomic E-state index is 0.136. The number of nitrogens with two attached hydrogens (primary N) is 1. The summed E-state index contributed by atoms with van der Waals surface area (Å²) in [5.41, 5.74) is 5.71. The Hall–Kier alpha value is -0.870. The number of hydrogen-bond acceptors (Lipinski definition) is 3. The summed E-state index contributed by atoms with van der Waals surface area (Å²) in [5.74, 6) is 0.612. The number of hydrogen-bond donors (Lipinski definition) is 2. The number of amides is 1. The van der Waals surface area contributed by atoms with Gasteiger partial charge in [0.2, 0.25) is 5.91 Å². The molecule has 0 aliphatic heterocycles. The van der Waals surface area contributed by atoms with Gasteiger partial charge in [0.1, 0.15) is 0 Å². The maximum atomic E-state index is 11.9. The second kappa shape index (κ2) is 5.65. The van der Waals surface area contributed by atoms with Crippen molar-refractivity contribution in [3.8, 4) is 0 Å². The molecular formula is C13H20N2OS. The maximum Gasteiger partial charge on any atom is 0.225 e. The van der Waals surface area contributed by atoms with Crippen LogP contribution in [0.5, 0.6) is 0 Å². The molecule has 1 aliphatic carbocycles. The van der Waals surface area contributed by atoms with E-state index in [1.54, 1.807) is 11.3 Å². The molecule has 2 unspecified atom stereocenters. The largest absolute Gasteiger partial charge is 0.353 e. The van der Waals surface area contributed by atoms with E-state index in [4.69, 9.17) is 5.73 Å². The average Bonchev–Trinajstić information content (AvgIpc) is 2.87. The Morgan fingerprint density at radius 1 is 1.53 bits per heavy atom. The number of rotatable bonds is 4. The van der Waals surface area contributed by atoms with E-state index in [9.17, 15) is 4.79 Å². The molecule has 1 aliphatic rings. The van der Waals surface area contributed by atoms with Crippen LogP contribution in [0.25, 0.3) is 0 Å². The molecule has 0 aromatic carbocycles. The van der Waals surface area contributed by atoms with Crippen molar-refractivity contribution in [2.45, 2.75) is 38.6 Å². The summed E-state index contributed by atoms with van der Waals surface area (Å²) < 4.78 is 0. The van der Waals surface area contributed by atoms with E-state index in [0.29, 0.717) is 24.9 Å². The van der Waals surface area contributed by atoms with Crippen molar-refractivity contribution in [3.05, 3.63) is 21.9 Å². The molecular weight excluding hydrogens is 232 g/mol. The Kier molecular flexibility index (Phi) is 4.18. The summed E-state index contributed by atoms with van der Waals surface area (Å²) in [7, 11) is 0. The first kappa shape index (κ1) is 12.6. The monoisotopic (exact) mass is 252 g/mol. The zero-order valence-electron chi connectivity index (χ0n) is 10.2. The van der Waals surface area contributed by atoms with E-state index >= 15 is 0 Å². The van der Waals surface area contributed by atoms with Crippen molar-refractivity contribution in [1.82, 2.24) is 5.32 Å². The number of thiophene rings is 1. The molecule has 1 heterocycles. The normalized spacial score (nSPS) is 23.9. The van der Waals surface area contributed by atoms with Gasteiger partial charge in [-0.15, -0.1) is 11.3 Å². The Bertz CT molecular complexity index is 389. The first-order chi connectivity index (χ1) is 8.19. The summed E-state index contributed by atoms with van der Waals surface area (Å²) in [5, 5.41) is 3.13. The smallest absolute Gasteiger partial charge is 0.225 e. The fraction of sp³-hybridized carbons (Fsp3) is 0.615. The van der Waals surface area contributed by atoms with Gasteiger partial charge in [0.15, 0.2) is 0 Å². The van der Waals surface area contributed by atoms with Crippen LogP contribution in [0.3, 0.4) is 0 Å². The van der Waals surface area contributed by atoms with Crippen LogP contribution in [0.1, 0.15) is 29.0 Å². The van der Waals surface area contributed by atoms with Gasteiger partial charge >= 0.3 is 0 Å². The highest BCUT2D eigenvalue weighted by Crippen LogP contribution is 2.24. The lowest BCUT2D eigenvalue weighted by Crippen LogP contribution is -2.40. The highest BCUT2D eigenvalue weighted by Gasteiger charge is 2.27. The van der Waals surface area contributed by atoms with Crippen LogP contribution in [-0.2, 0) is 11.2 Å². The molecule has 1 aromatic heterocycles. The number of carbonyl (C=O) groups is 1. The van der Waals surface area contributed by atoms with Crippen LogP contribution >= 0.6 is 11.3 Å². The number of aryl methyl sites for hydroxylation is 1. The summed E-state index contributed by atoms with van der Waals surface area (Å²) in [6.07, 6.45) is 3.92. The maximum absolute atomic E-state index is 11.9. The van der Waals surface area contributed by atoms with Crippen LogP contribution in [0.15, 0.2) is 12.1 Å². The second-order valence-corrected chi connectivity index (χ2v) is 6.16. The first-order valence-corrected chi connectivity index (χ1v) is 7.05. The fourth-order valence-electron chi connectivity index (χ4n) is 2.51. The molecule has 0 saturated heterocycles. The average molecular weight is 252 g/mol. The SMILES string of the molecule is Cc1ccc(CC(=O)NC2CCCC2CN)s1. The molecule has 2 atom stereocenters.